The highest BCUT2D eigenvalue weighted by Gasteiger charge is 2.21. The third kappa shape index (κ3) is 8.22. The normalized spacial score (nSPS) is 14.0. The molecule has 0 bridgehead atoms. The molecule has 9 heavy (non-hydrogen) atoms. The van der Waals surface area contributed by atoms with Gasteiger partial charge >= 0.3 is 0 Å². The smallest absolute Gasteiger partial charge is 0.0407 e. The Morgan fingerprint density at radius 3 is 0.889 bits per heavy atom. The fourth-order valence-corrected chi connectivity index (χ4v) is 3.90. The Morgan fingerprint density at radius 2 is 0.889 bits per heavy atom. The first-order valence-electron chi connectivity index (χ1n) is 3.58. The van der Waals surface area contributed by atoms with Crippen LogP contribution in [0, 0.1) is 0 Å². The van der Waals surface area contributed by atoms with Crippen molar-refractivity contribution in [3.8, 4) is 0 Å². The van der Waals surface area contributed by atoms with Gasteiger partial charge in [-0.1, -0.05) is 41.5 Å². The maximum Gasteiger partial charge on any atom is 0.0407 e. The van der Waals surface area contributed by atoms with Crippen LogP contribution in [-0.4, -0.2) is 9.52 Å². The van der Waals surface area contributed by atoms with Crippen LogP contribution in [0.4, 0.5) is 0 Å². The van der Waals surface area contributed by atoms with Gasteiger partial charge in [0.25, 0.3) is 0 Å². The number of hydrogen-bond acceptors (Lipinski definition) is 0. The van der Waals surface area contributed by atoms with Crippen LogP contribution in [-0.2, 0) is 0 Å². The molecule has 0 atom stereocenters. The molecule has 0 aromatic rings. The lowest BCUT2D eigenvalue weighted by Crippen LogP contribution is -2.18. The summed E-state index contributed by atoms with van der Waals surface area (Å²) >= 11 is 0. The summed E-state index contributed by atoms with van der Waals surface area (Å²) in [6.45, 7) is 14.0. The Bertz CT molecular complexity index is 69.7. The molecular formula is C8H19Si. The number of hydrogen-bond donors (Lipinski definition) is 0. The van der Waals surface area contributed by atoms with E-state index >= 15 is 0 Å². The van der Waals surface area contributed by atoms with E-state index in [0.717, 1.165) is 0 Å². The van der Waals surface area contributed by atoms with Gasteiger partial charge in [0, 0.05) is 9.52 Å². The van der Waals surface area contributed by atoms with Gasteiger partial charge < -0.3 is 0 Å². The summed E-state index contributed by atoms with van der Waals surface area (Å²) in [5.74, 6) is 0. The van der Waals surface area contributed by atoms with Gasteiger partial charge in [0.05, 0.1) is 0 Å². The zero-order valence-electron chi connectivity index (χ0n) is 7.58. The number of rotatable bonds is 0. The second kappa shape index (κ2) is 2.45. The molecule has 0 aliphatic carbocycles. The van der Waals surface area contributed by atoms with Crippen LogP contribution in [0.1, 0.15) is 41.5 Å². The third-order valence-electron chi connectivity index (χ3n) is 0.866. The summed E-state index contributed by atoms with van der Waals surface area (Å²) < 4.78 is 0. The van der Waals surface area contributed by atoms with Gasteiger partial charge in [0.2, 0.25) is 0 Å². The summed E-state index contributed by atoms with van der Waals surface area (Å²) in [4.78, 5) is 0. The van der Waals surface area contributed by atoms with Crippen LogP contribution in [0.3, 0.4) is 0 Å². The van der Waals surface area contributed by atoms with Crippen molar-refractivity contribution in [3.63, 3.8) is 0 Å². The maximum absolute atomic E-state index is 2.33. The van der Waals surface area contributed by atoms with Crippen molar-refractivity contribution in [1.29, 1.82) is 0 Å². The van der Waals surface area contributed by atoms with Crippen molar-refractivity contribution >= 4 is 9.52 Å². The first-order chi connectivity index (χ1) is 3.71. The van der Waals surface area contributed by atoms with Gasteiger partial charge in [-0.15, -0.1) is 0 Å². The molecule has 0 saturated carbocycles. The van der Waals surface area contributed by atoms with Gasteiger partial charge in [0.1, 0.15) is 0 Å². The van der Waals surface area contributed by atoms with Gasteiger partial charge in [-0.3, -0.25) is 0 Å². The van der Waals surface area contributed by atoms with Crippen LogP contribution in [0.15, 0.2) is 0 Å². The molecule has 1 radical (unpaired) electrons. The largest absolute Gasteiger partial charge is 0.0631 e. The first-order valence-corrected chi connectivity index (χ1v) is 4.73. The minimum Gasteiger partial charge on any atom is -0.0631 e. The predicted octanol–water partition coefficient (Wildman–Crippen LogP) is 2.86. The van der Waals surface area contributed by atoms with E-state index in [2.05, 4.69) is 41.5 Å². The molecule has 0 N–H and O–H groups in total. The molecule has 0 rings (SSSR count). The second-order valence-electron chi connectivity index (χ2n) is 4.88. The highest BCUT2D eigenvalue weighted by atomic mass is 28.2. The Kier molecular flexibility index (Phi) is 2.51. The van der Waals surface area contributed by atoms with Crippen molar-refractivity contribution < 1.29 is 0 Å². The van der Waals surface area contributed by atoms with Crippen LogP contribution in [0.25, 0.3) is 0 Å². The predicted molar refractivity (Wildman–Crippen MR) is 46.6 cm³/mol. The van der Waals surface area contributed by atoms with Crippen molar-refractivity contribution in [2.45, 2.75) is 51.6 Å². The third-order valence-corrected chi connectivity index (χ3v) is 2.60. The Balaban J connectivity index is 3.75. The molecule has 0 saturated heterocycles. The summed E-state index contributed by atoms with van der Waals surface area (Å²) in [7, 11) is 0.569. The minimum atomic E-state index is 0.568. The van der Waals surface area contributed by atoms with Crippen LogP contribution in [0.2, 0.25) is 10.1 Å². The molecule has 0 aromatic carbocycles. The Hall–Kier alpha value is 0.217. The van der Waals surface area contributed by atoms with E-state index < -0.39 is 0 Å². The molecule has 0 aliphatic rings. The lowest BCUT2D eigenvalue weighted by Gasteiger charge is -2.27. The molecule has 0 heterocycles. The highest BCUT2D eigenvalue weighted by molar-refractivity contribution is 6.43. The molecule has 0 amide bonds. The van der Waals surface area contributed by atoms with Gasteiger partial charge in [-0.25, -0.2) is 0 Å². The standard InChI is InChI=1S/C8H19Si/c1-7(2,3)9-8(4,5)6/h9H,1-6H3. The molecule has 0 aliphatic heterocycles. The molecular weight excluding hydrogens is 124 g/mol. The fraction of sp³-hybridized carbons (Fsp3) is 1.00. The van der Waals surface area contributed by atoms with Crippen LogP contribution < -0.4 is 0 Å². The van der Waals surface area contributed by atoms with Crippen molar-refractivity contribution in [3.05, 3.63) is 0 Å². The molecule has 0 unspecified atom stereocenters. The van der Waals surface area contributed by atoms with Gasteiger partial charge in [0.15, 0.2) is 0 Å². The topological polar surface area (TPSA) is 0 Å². The van der Waals surface area contributed by atoms with Crippen molar-refractivity contribution in [1.82, 2.24) is 0 Å². The van der Waals surface area contributed by atoms with Crippen LogP contribution >= 0.6 is 0 Å². The summed E-state index contributed by atoms with van der Waals surface area (Å²) in [5.41, 5.74) is 0. The van der Waals surface area contributed by atoms with Gasteiger partial charge in [-0.05, 0) is 10.1 Å². The Labute approximate surface area is 61.9 Å². The van der Waals surface area contributed by atoms with Crippen LogP contribution in [0.5, 0.6) is 0 Å². The summed E-state index contributed by atoms with van der Waals surface area (Å²) in [6.07, 6.45) is 0. The van der Waals surface area contributed by atoms with E-state index in [1.165, 1.54) is 0 Å². The van der Waals surface area contributed by atoms with E-state index in [9.17, 15) is 0 Å². The zero-order valence-corrected chi connectivity index (χ0v) is 8.73. The summed E-state index contributed by atoms with van der Waals surface area (Å²) in [6, 6.07) is 0. The van der Waals surface area contributed by atoms with E-state index in [-0.39, 0.29) is 0 Å². The maximum atomic E-state index is 2.33. The first kappa shape index (κ1) is 9.22. The molecule has 1 heteroatoms. The van der Waals surface area contributed by atoms with Crippen molar-refractivity contribution in [2.75, 3.05) is 0 Å². The summed E-state index contributed by atoms with van der Waals surface area (Å²) in [5, 5.41) is 1.14. The lowest BCUT2D eigenvalue weighted by atomic mass is 10.2. The lowest BCUT2D eigenvalue weighted by molar-refractivity contribution is 0.668. The van der Waals surface area contributed by atoms with E-state index in [1.54, 1.807) is 0 Å². The minimum absolute atomic E-state index is 0.568. The quantitative estimate of drug-likeness (QED) is 0.457. The SMILES string of the molecule is CC(C)(C)[SiH]C(C)(C)C. The van der Waals surface area contributed by atoms with Crippen molar-refractivity contribution in [2.24, 2.45) is 0 Å². The van der Waals surface area contributed by atoms with Gasteiger partial charge in [-0.2, -0.15) is 0 Å². The Morgan fingerprint density at radius 1 is 0.667 bits per heavy atom. The molecule has 0 fully saturated rings. The zero-order chi connectivity index (χ0) is 7.71. The molecule has 0 aromatic heterocycles. The molecule has 0 nitrogen and oxygen atoms in total. The van der Waals surface area contributed by atoms with E-state index in [1.807, 2.05) is 0 Å². The average molecular weight is 143 g/mol. The molecule has 55 valence electrons. The second-order valence-corrected chi connectivity index (χ2v) is 8.63. The molecule has 0 spiro atoms. The monoisotopic (exact) mass is 143 g/mol. The average Bonchev–Trinajstić information content (AvgIpc) is 1.14. The van der Waals surface area contributed by atoms with E-state index in [0.29, 0.717) is 19.6 Å². The fourth-order valence-electron chi connectivity index (χ4n) is 1.30. The highest BCUT2D eigenvalue weighted by Crippen LogP contribution is 2.33. The van der Waals surface area contributed by atoms with E-state index in [4.69, 9.17) is 0 Å².